The van der Waals surface area contributed by atoms with Crippen LogP contribution in [0, 0.1) is 0 Å². The fraction of sp³-hybridized carbons (Fsp3) is 1.00. The second-order valence-electron chi connectivity index (χ2n) is 4.68. The molecule has 14 heavy (non-hydrogen) atoms. The number of hydrogen-bond acceptors (Lipinski definition) is 0. The van der Waals surface area contributed by atoms with Crippen molar-refractivity contribution in [1.82, 2.24) is 0 Å². The zero-order valence-corrected chi connectivity index (χ0v) is 11.1. The molecule has 0 aromatic rings. The van der Waals surface area contributed by atoms with Gasteiger partial charge < -0.3 is 0 Å². The third-order valence-corrected chi connectivity index (χ3v) is 3.31. The molecule has 0 spiro atoms. The molecule has 0 aliphatic rings. The summed E-state index contributed by atoms with van der Waals surface area (Å²) in [5, 5.41) is 0. The molecule has 0 radical (unpaired) electrons. The van der Waals surface area contributed by atoms with Crippen LogP contribution in [0.5, 0.6) is 0 Å². The van der Waals surface area contributed by atoms with Crippen LogP contribution in [-0.4, -0.2) is 6.71 Å². The van der Waals surface area contributed by atoms with Crippen LogP contribution in [0.25, 0.3) is 0 Å². The number of hydrogen-bond donors (Lipinski definition) is 0. The molecule has 80 valence electrons. The molecule has 0 heterocycles. The van der Waals surface area contributed by atoms with Crippen molar-refractivity contribution in [2.75, 3.05) is 0 Å². The monoisotopic (exact) mass is 190 g/mol. The minimum Gasteiger partial charge on any atom is -0.181 e. The standard InChI is InChI=1S/C12H28B.Li/c1-4-7-10-13(11-8-5-2)12-9-6-3;/h13H,4-12H2,1-3H3;/q-1;+1. The number of unbranched alkanes of at least 4 members (excludes halogenated alkanes) is 3. The number of rotatable bonds is 9. The zero-order chi connectivity index (χ0) is 9.94. The summed E-state index contributed by atoms with van der Waals surface area (Å²) in [5.41, 5.74) is 0. The summed E-state index contributed by atoms with van der Waals surface area (Å²) < 4.78 is 0. The molecule has 0 aliphatic heterocycles. The van der Waals surface area contributed by atoms with Crippen LogP contribution in [-0.2, 0) is 0 Å². The molecule has 0 aromatic carbocycles. The third-order valence-electron chi connectivity index (χ3n) is 3.31. The van der Waals surface area contributed by atoms with E-state index in [0.717, 1.165) is 0 Å². The summed E-state index contributed by atoms with van der Waals surface area (Å²) in [5.74, 6) is 0. The summed E-state index contributed by atoms with van der Waals surface area (Å²) >= 11 is 0. The largest absolute Gasteiger partial charge is 1.00 e. The first kappa shape index (κ1) is 17.1. The SMILES string of the molecule is CCCC[BH-](CCCC)CCCC.[Li+]. The average Bonchev–Trinajstić information content (AvgIpc) is 2.17. The van der Waals surface area contributed by atoms with Crippen LogP contribution in [0.4, 0.5) is 0 Å². The Morgan fingerprint density at radius 2 is 0.929 bits per heavy atom. The smallest absolute Gasteiger partial charge is 0.181 e. The van der Waals surface area contributed by atoms with E-state index in [1.165, 1.54) is 38.5 Å². The van der Waals surface area contributed by atoms with E-state index in [2.05, 4.69) is 20.8 Å². The fourth-order valence-electron chi connectivity index (χ4n) is 2.34. The normalized spacial score (nSPS) is 10.3. The van der Waals surface area contributed by atoms with E-state index in [1.807, 2.05) is 0 Å². The van der Waals surface area contributed by atoms with Crippen molar-refractivity contribution < 1.29 is 18.9 Å². The van der Waals surface area contributed by atoms with Gasteiger partial charge in [-0.2, -0.15) is 19.0 Å². The van der Waals surface area contributed by atoms with Crippen molar-refractivity contribution in [3.8, 4) is 0 Å². The Labute approximate surface area is 104 Å². The second-order valence-corrected chi connectivity index (χ2v) is 4.68. The van der Waals surface area contributed by atoms with Gasteiger partial charge in [0.1, 0.15) is 0 Å². The summed E-state index contributed by atoms with van der Waals surface area (Å²) in [7, 11) is 0. The molecule has 0 aromatic heterocycles. The molecular formula is C12H28BLi. The van der Waals surface area contributed by atoms with Gasteiger partial charge in [-0.15, -0.1) is 0 Å². The Hall–Kier alpha value is 0.662. The Morgan fingerprint density at radius 1 is 0.643 bits per heavy atom. The van der Waals surface area contributed by atoms with Gasteiger partial charge in [0, 0.05) is 0 Å². The van der Waals surface area contributed by atoms with Gasteiger partial charge in [0.2, 0.25) is 0 Å². The van der Waals surface area contributed by atoms with E-state index in [0.29, 0.717) is 0 Å². The van der Waals surface area contributed by atoms with Gasteiger partial charge in [0.05, 0.1) is 0 Å². The molecule has 0 saturated heterocycles. The van der Waals surface area contributed by atoms with Gasteiger partial charge in [-0.05, 0) is 6.71 Å². The molecule has 0 unspecified atom stereocenters. The Bertz CT molecular complexity index is 77.3. The molecule has 0 aliphatic carbocycles. The Kier molecular flexibility index (Phi) is 16.7. The molecule has 0 bridgehead atoms. The van der Waals surface area contributed by atoms with Crippen molar-refractivity contribution >= 4 is 6.71 Å². The van der Waals surface area contributed by atoms with E-state index in [9.17, 15) is 0 Å². The van der Waals surface area contributed by atoms with Crippen LogP contribution < -0.4 is 18.9 Å². The minimum atomic E-state index is 0. The van der Waals surface area contributed by atoms with Crippen molar-refractivity contribution in [2.45, 2.75) is 78.3 Å². The summed E-state index contributed by atoms with van der Waals surface area (Å²) in [6.07, 6.45) is 13.3. The predicted octanol–water partition coefficient (Wildman–Crippen LogP) is 1.62. The molecule has 0 N–H and O–H groups in total. The van der Waals surface area contributed by atoms with E-state index < -0.39 is 0 Å². The van der Waals surface area contributed by atoms with Crippen molar-refractivity contribution in [1.29, 1.82) is 0 Å². The Balaban J connectivity index is 0. The first-order valence-corrected chi connectivity index (χ1v) is 6.62. The molecule has 0 saturated carbocycles. The van der Waals surface area contributed by atoms with Crippen LogP contribution in [0.1, 0.15) is 59.3 Å². The van der Waals surface area contributed by atoms with Crippen molar-refractivity contribution in [3.05, 3.63) is 0 Å². The van der Waals surface area contributed by atoms with Crippen LogP contribution in [0.2, 0.25) is 19.0 Å². The zero-order valence-electron chi connectivity index (χ0n) is 11.1. The summed E-state index contributed by atoms with van der Waals surface area (Å²) in [6.45, 7) is 7.19. The van der Waals surface area contributed by atoms with E-state index in [1.54, 1.807) is 19.0 Å². The quantitative estimate of drug-likeness (QED) is 0.484. The van der Waals surface area contributed by atoms with Crippen molar-refractivity contribution in [2.24, 2.45) is 0 Å². The van der Waals surface area contributed by atoms with Gasteiger partial charge in [-0.1, -0.05) is 59.3 Å². The minimum absolute atomic E-state index is 0. The molecule has 0 rings (SSSR count). The van der Waals surface area contributed by atoms with Gasteiger partial charge in [-0.25, -0.2) is 0 Å². The topological polar surface area (TPSA) is 0 Å². The maximum absolute atomic E-state index is 2.32. The maximum Gasteiger partial charge on any atom is 1.00 e. The summed E-state index contributed by atoms with van der Waals surface area (Å²) in [6, 6.07) is 0. The summed E-state index contributed by atoms with van der Waals surface area (Å²) in [4.78, 5) is 0. The first-order valence-electron chi connectivity index (χ1n) is 6.62. The first-order chi connectivity index (χ1) is 6.35. The molecule has 0 nitrogen and oxygen atoms in total. The van der Waals surface area contributed by atoms with Gasteiger partial charge >= 0.3 is 18.9 Å². The van der Waals surface area contributed by atoms with E-state index in [-0.39, 0.29) is 25.6 Å². The van der Waals surface area contributed by atoms with Gasteiger partial charge in [-0.3, -0.25) is 0 Å². The molecule has 0 fully saturated rings. The molecule has 0 amide bonds. The second kappa shape index (κ2) is 13.7. The molecule has 0 atom stereocenters. The average molecular weight is 190 g/mol. The van der Waals surface area contributed by atoms with Gasteiger partial charge in [0.25, 0.3) is 0 Å². The van der Waals surface area contributed by atoms with Crippen LogP contribution in [0.3, 0.4) is 0 Å². The molecular weight excluding hydrogens is 162 g/mol. The maximum atomic E-state index is 2.32. The Morgan fingerprint density at radius 3 is 1.14 bits per heavy atom. The van der Waals surface area contributed by atoms with Crippen LogP contribution in [0.15, 0.2) is 0 Å². The van der Waals surface area contributed by atoms with E-state index >= 15 is 0 Å². The predicted molar refractivity (Wildman–Crippen MR) is 66.3 cm³/mol. The fourth-order valence-corrected chi connectivity index (χ4v) is 2.34. The van der Waals surface area contributed by atoms with Crippen LogP contribution >= 0.6 is 0 Å². The molecule has 2 heteroatoms. The van der Waals surface area contributed by atoms with Crippen molar-refractivity contribution in [3.63, 3.8) is 0 Å². The van der Waals surface area contributed by atoms with Gasteiger partial charge in [0.15, 0.2) is 0 Å². The van der Waals surface area contributed by atoms with E-state index in [4.69, 9.17) is 0 Å². The third kappa shape index (κ3) is 10.7.